The van der Waals surface area contributed by atoms with E-state index in [4.69, 9.17) is 4.98 Å². The number of anilines is 1. The highest BCUT2D eigenvalue weighted by Crippen LogP contribution is 2.33. The van der Waals surface area contributed by atoms with E-state index in [1.54, 1.807) is 0 Å². The number of hydrogen-bond acceptors (Lipinski definition) is 4. The topological polar surface area (TPSA) is 54.2 Å². The lowest BCUT2D eigenvalue weighted by Gasteiger charge is -2.22. The summed E-state index contributed by atoms with van der Waals surface area (Å²) in [6.45, 7) is 4.60. The van der Waals surface area contributed by atoms with Crippen LogP contribution in [0.5, 0.6) is 0 Å². The zero-order valence-corrected chi connectivity index (χ0v) is 15.7. The normalized spacial score (nSPS) is 18.3. The summed E-state index contributed by atoms with van der Waals surface area (Å²) in [6.07, 6.45) is 14.3. The highest BCUT2D eigenvalue weighted by Gasteiger charge is 2.20. The van der Waals surface area contributed by atoms with E-state index in [-0.39, 0.29) is 0 Å². The van der Waals surface area contributed by atoms with E-state index >= 15 is 0 Å². The first kappa shape index (κ1) is 16.4. The highest BCUT2D eigenvalue weighted by atomic mass is 79.9. The number of nitrogens with one attached hydrogen (secondary N) is 2. The molecule has 0 atom stereocenters. The summed E-state index contributed by atoms with van der Waals surface area (Å²) in [5, 5.41) is 11.1. The lowest BCUT2D eigenvalue weighted by molar-refractivity contribution is 0.437. The fourth-order valence-electron chi connectivity index (χ4n) is 3.48. The minimum Gasteiger partial charge on any atom is -0.366 e. The molecule has 4 rings (SSSR count). The number of hydrogen-bond donors (Lipinski definition) is 2. The second-order valence-corrected chi connectivity index (χ2v) is 7.56. The molecule has 0 amide bonds. The molecule has 2 N–H and O–H groups in total. The molecule has 0 unspecified atom stereocenters. The molecule has 5 nitrogen and oxygen atoms in total. The van der Waals surface area contributed by atoms with Gasteiger partial charge in [0, 0.05) is 36.1 Å². The largest absolute Gasteiger partial charge is 0.366 e. The molecular weight excluding hydrogens is 378 g/mol. The van der Waals surface area contributed by atoms with Crippen molar-refractivity contribution in [3.05, 3.63) is 58.6 Å². The Morgan fingerprint density at radius 3 is 2.88 bits per heavy atom. The molecule has 6 heteroatoms. The average Bonchev–Trinajstić information content (AvgIpc) is 3.03. The minimum atomic E-state index is 0.555. The molecule has 1 aliphatic heterocycles. The van der Waals surface area contributed by atoms with Crippen LogP contribution in [0.15, 0.2) is 52.9 Å². The monoisotopic (exact) mass is 399 g/mol. The molecule has 0 bridgehead atoms. The van der Waals surface area contributed by atoms with Gasteiger partial charge in [0.15, 0.2) is 5.65 Å². The molecule has 3 heterocycles. The molecule has 25 heavy (non-hydrogen) atoms. The van der Waals surface area contributed by atoms with Gasteiger partial charge in [-0.2, -0.15) is 9.61 Å². The Hall–Kier alpha value is -2.08. The van der Waals surface area contributed by atoms with Crippen LogP contribution in [0, 0.1) is 0 Å². The molecule has 130 valence electrons. The third-order valence-electron chi connectivity index (χ3n) is 4.89. The zero-order valence-electron chi connectivity index (χ0n) is 14.1. The number of fused-ring (bicyclic) bond motifs is 1. The van der Waals surface area contributed by atoms with E-state index < -0.39 is 0 Å². The van der Waals surface area contributed by atoms with E-state index in [0.29, 0.717) is 5.92 Å². The van der Waals surface area contributed by atoms with Crippen molar-refractivity contribution >= 4 is 27.4 Å². The fraction of sp³-hybridized carbons (Fsp3) is 0.368. The molecule has 2 aromatic heterocycles. The first-order valence-electron chi connectivity index (χ1n) is 8.81. The Labute approximate surface area is 156 Å². The number of aromatic nitrogens is 3. The summed E-state index contributed by atoms with van der Waals surface area (Å²) in [4.78, 5) is 4.88. The van der Waals surface area contributed by atoms with Crippen LogP contribution in [0.2, 0.25) is 0 Å². The van der Waals surface area contributed by atoms with Crippen LogP contribution in [0.1, 0.15) is 43.7 Å². The van der Waals surface area contributed by atoms with E-state index in [0.717, 1.165) is 28.2 Å². The number of rotatable bonds is 4. The summed E-state index contributed by atoms with van der Waals surface area (Å²) in [7, 11) is 0. The van der Waals surface area contributed by atoms with Crippen LogP contribution in [-0.4, -0.2) is 21.1 Å². The molecule has 1 saturated carbocycles. The standard InChI is InChI=1S/C19H22BrN5/c1-13-7-8-14(10-21-13)11-22-18-9-17(15-5-3-2-4-6-15)24-19-16(20)12-23-25(18)19/h7-10,12,15,21-22H,1-6,11H2. The van der Waals surface area contributed by atoms with Crippen molar-refractivity contribution < 1.29 is 0 Å². The SMILES string of the molecule is C=C1C=CC(CNc2cc(C3CCCCC3)nc3c(Br)cnn23)=CN1. The molecule has 0 spiro atoms. The Kier molecular flexibility index (Phi) is 4.61. The van der Waals surface area contributed by atoms with Crippen LogP contribution in [0.4, 0.5) is 5.82 Å². The van der Waals surface area contributed by atoms with Crippen LogP contribution in [0.3, 0.4) is 0 Å². The first-order chi connectivity index (χ1) is 12.2. The van der Waals surface area contributed by atoms with Crippen LogP contribution >= 0.6 is 15.9 Å². The summed E-state index contributed by atoms with van der Waals surface area (Å²) in [6, 6.07) is 2.17. The zero-order chi connectivity index (χ0) is 17.2. The van der Waals surface area contributed by atoms with Gasteiger partial charge in [-0.1, -0.05) is 31.9 Å². The van der Waals surface area contributed by atoms with E-state index in [1.165, 1.54) is 43.4 Å². The lowest BCUT2D eigenvalue weighted by Crippen LogP contribution is -2.15. The van der Waals surface area contributed by atoms with Gasteiger partial charge >= 0.3 is 0 Å². The van der Waals surface area contributed by atoms with Crippen molar-refractivity contribution in [1.29, 1.82) is 0 Å². The van der Waals surface area contributed by atoms with Gasteiger partial charge in [-0.25, -0.2) is 4.98 Å². The summed E-state index contributed by atoms with van der Waals surface area (Å²) < 4.78 is 2.80. The third kappa shape index (κ3) is 3.49. The predicted octanol–water partition coefficient (Wildman–Crippen LogP) is 4.51. The smallest absolute Gasteiger partial charge is 0.171 e. The minimum absolute atomic E-state index is 0.555. The van der Waals surface area contributed by atoms with Crippen LogP contribution in [-0.2, 0) is 0 Å². The molecule has 0 aromatic carbocycles. The van der Waals surface area contributed by atoms with Gasteiger partial charge in [0.2, 0.25) is 0 Å². The van der Waals surface area contributed by atoms with Crippen molar-refractivity contribution in [3.8, 4) is 0 Å². The van der Waals surface area contributed by atoms with Gasteiger partial charge in [-0.3, -0.25) is 0 Å². The second kappa shape index (κ2) is 7.04. The van der Waals surface area contributed by atoms with Crippen molar-refractivity contribution in [2.45, 2.75) is 38.0 Å². The molecule has 0 radical (unpaired) electrons. The summed E-state index contributed by atoms with van der Waals surface area (Å²) >= 11 is 3.58. The number of allylic oxidation sites excluding steroid dienone is 1. The maximum absolute atomic E-state index is 4.88. The molecular formula is C19H22BrN5. The Balaban J connectivity index is 1.62. The van der Waals surface area contributed by atoms with Gasteiger partial charge in [0.05, 0.1) is 10.7 Å². The molecule has 2 aromatic rings. The number of dihydropyridines is 1. The second-order valence-electron chi connectivity index (χ2n) is 6.70. The van der Waals surface area contributed by atoms with Gasteiger partial charge in [0.1, 0.15) is 5.82 Å². The Bertz CT molecular complexity index is 858. The fourth-order valence-corrected chi connectivity index (χ4v) is 3.83. The Morgan fingerprint density at radius 1 is 1.28 bits per heavy atom. The quantitative estimate of drug-likeness (QED) is 0.793. The van der Waals surface area contributed by atoms with Crippen molar-refractivity contribution in [1.82, 2.24) is 19.9 Å². The number of halogens is 1. The highest BCUT2D eigenvalue weighted by molar-refractivity contribution is 9.10. The van der Waals surface area contributed by atoms with E-state index in [9.17, 15) is 0 Å². The molecule has 2 aliphatic rings. The van der Waals surface area contributed by atoms with Crippen molar-refractivity contribution in [3.63, 3.8) is 0 Å². The van der Waals surface area contributed by atoms with Gasteiger partial charge in [-0.05, 0) is 40.4 Å². The van der Waals surface area contributed by atoms with Crippen molar-refractivity contribution in [2.75, 3.05) is 11.9 Å². The molecule has 1 aliphatic carbocycles. The van der Waals surface area contributed by atoms with E-state index in [1.807, 2.05) is 23.0 Å². The van der Waals surface area contributed by atoms with Crippen LogP contribution < -0.4 is 10.6 Å². The maximum Gasteiger partial charge on any atom is 0.171 e. The summed E-state index contributed by atoms with van der Waals surface area (Å²) in [5.74, 6) is 1.54. The predicted molar refractivity (Wildman–Crippen MR) is 105 cm³/mol. The molecule has 0 saturated heterocycles. The van der Waals surface area contributed by atoms with Crippen LogP contribution in [0.25, 0.3) is 5.65 Å². The lowest BCUT2D eigenvalue weighted by atomic mass is 9.87. The van der Waals surface area contributed by atoms with Gasteiger partial charge < -0.3 is 10.6 Å². The van der Waals surface area contributed by atoms with Gasteiger partial charge in [-0.15, -0.1) is 0 Å². The maximum atomic E-state index is 4.88. The number of nitrogens with zero attached hydrogens (tertiary/aromatic N) is 3. The Morgan fingerprint density at radius 2 is 2.12 bits per heavy atom. The molecule has 1 fully saturated rings. The van der Waals surface area contributed by atoms with Crippen molar-refractivity contribution in [2.24, 2.45) is 0 Å². The van der Waals surface area contributed by atoms with E-state index in [2.05, 4.69) is 50.4 Å². The third-order valence-corrected chi connectivity index (χ3v) is 5.45. The summed E-state index contributed by atoms with van der Waals surface area (Å²) in [5.41, 5.74) is 4.13. The first-order valence-corrected chi connectivity index (χ1v) is 9.60. The van der Waals surface area contributed by atoms with Gasteiger partial charge in [0.25, 0.3) is 0 Å². The average molecular weight is 400 g/mol.